The van der Waals surface area contributed by atoms with Crippen molar-refractivity contribution in [3.63, 3.8) is 0 Å². The molecule has 0 bridgehead atoms. The molecule has 1 fully saturated rings. The number of carbonyl (C=O) groups is 1. The van der Waals surface area contributed by atoms with E-state index in [0.29, 0.717) is 31.6 Å². The van der Waals surface area contributed by atoms with Gasteiger partial charge in [0.1, 0.15) is 17.9 Å². The van der Waals surface area contributed by atoms with Gasteiger partial charge in [-0.25, -0.2) is 9.79 Å². The number of aliphatic imine (C=N–C) groups is 1. The number of hydrogen-bond acceptors (Lipinski definition) is 4. The number of ether oxygens (including phenoxy) is 1. The van der Waals surface area contributed by atoms with Crippen molar-refractivity contribution in [2.24, 2.45) is 4.99 Å². The molecule has 7 heteroatoms. The normalized spacial score (nSPS) is 15.0. The summed E-state index contributed by atoms with van der Waals surface area (Å²) in [5.41, 5.74) is -0.475. The number of amides is 1. The number of guanidine groups is 1. The van der Waals surface area contributed by atoms with Crippen molar-refractivity contribution in [1.29, 1.82) is 0 Å². The minimum Gasteiger partial charge on any atom is -0.467 e. The van der Waals surface area contributed by atoms with Crippen molar-refractivity contribution >= 4 is 12.1 Å². The summed E-state index contributed by atoms with van der Waals surface area (Å²) in [7, 11) is 0. The maximum Gasteiger partial charge on any atom is 0.410 e. The molecule has 2 rings (SSSR count). The first-order valence-electron chi connectivity index (χ1n) is 8.93. The fourth-order valence-corrected chi connectivity index (χ4v) is 2.33. The molecule has 0 radical (unpaired) electrons. The third kappa shape index (κ3) is 7.07. The summed E-state index contributed by atoms with van der Waals surface area (Å²) in [6.45, 7) is 10.1. The van der Waals surface area contributed by atoms with Crippen molar-refractivity contribution in [3.05, 3.63) is 24.2 Å². The smallest absolute Gasteiger partial charge is 0.410 e. The lowest BCUT2D eigenvalue weighted by atomic mass is 10.2. The van der Waals surface area contributed by atoms with E-state index in [1.165, 1.54) is 0 Å². The van der Waals surface area contributed by atoms with Gasteiger partial charge in [0.15, 0.2) is 5.96 Å². The first-order chi connectivity index (χ1) is 11.9. The minimum absolute atomic E-state index is 0.241. The standard InChI is InChI=1S/C18H30N4O3/c1-5-19-16(21-13-15-7-6-12-24-15)20-10-11-22(14-8-9-14)17(23)25-18(2,3)4/h6-7,12,14H,5,8-11,13H2,1-4H3,(H2,19,20,21). The number of rotatable bonds is 7. The molecule has 1 saturated carbocycles. The maximum absolute atomic E-state index is 12.3. The Hall–Kier alpha value is -2.18. The summed E-state index contributed by atoms with van der Waals surface area (Å²) < 4.78 is 10.8. The molecular formula is C18H30N4O3. The zero-order chi connectivity index (χ0) is 18.3. The van der Waals surface area contributed by atoms with Crippen LogP contribution in [0.2, 0.25) is 0 Å². The number of furan rings is 1. The molecule has 0 aliphatic heterocycles. The second kappa shape index (κ2) is 8.78. The number of nitrogens with zero attached hydrogens (tertiary/aromatic N) is 2. The summed E-state index contributed by atoms with van der Waals surface area (Å²) in [4.78, 5) is 18.6. The lowest BCUT2D eigenvalue weighted by Gasteiger charge is -2.27. The first kappa shape index (κ1) is 19.1. The highest BCUT2D eigenvalue weighted by Gasteiger charge is 2.34. The molecule has 0 spiro atoms. The van der Waals surface area contributed by atoms with E-state index in [2.05, 4.69) is 15.6 Å². The van der Waals surface area contributed by atoms with E-state index in [0.717, 1.165) is 25.1 Å². The lowest BCUT2D eigenvalue weighted by molar-refractivity contribution is 0.0238. The van der Waals surface area contributed by atoms with Crippen LogP contribution in [0.25, 0.3) is 0 Å². The third-order valence-corrected chi connectivity index (χ3v) is 3.58. The van der Waals surface area contributed by atoms with E-state index in [1.54, 1.807) is 6.26 Å². The Bertz CT molecular complexity index is 559. The average Bonchev–Trinajstić information content (AvgIpc) is 3.22. The van der Waals surface area contributed by atoms with Crippen LogP contribution in [-0.4, -0.2) is 48.2 Å². The minimum atomic E-state index is -0.475. The second-order valence-electron chi connectivity index (χ2n) is 7.11. The third-order valence-electron chi connectivity index (χ3n) is 3.58. The van der Waals surface area contributed by atoms with E-state index >= 15 is 0 Å². The van der Waals surface area contributed by atoms with Crippen molar-refractivity contribution < 1.29 is 13.9 Å². The molecule has 1 aliphatic rings. The quantitative estimate of drug-likeness (QED) is 0.584. The SMILES string of the molecule is CCNC(=NCc1ccco1)NCCN(C(=O)OC(C)(C)C)C1CC1. The molecule has 1 aromatic heterocycles. The van der Waals surface area contributed by atoms with Crippen molar-refractivity contribution in [3.8, 4) is 0 Å². The molecule has 0 saturated heterocycles. The Morgan fingerprint density at radius 3 is 2.72 bits per heavy atom. The van der Waals surface area contributed by atoms with Gasteiger partial charge in [0.05, 0.1) is 6.26 Å². The number of hydrogen-bond donors (Lipinski definition) is 2. The van der Waals surface area contributed by atoms with Gasteiger partial charge in [0, 0.05) is 25.7 Å². The summed E-state index contributed by atoms with van der Waals surface area (Å²) in [5, 5.41) is 6.46. The van der Waals surface area contributed by atoms with Crippen molar-refractivity contribution in [2.75, 3.05) is 19.6 Å². The van der Waals surface area contributed by atoms with Crippen molar-refractivity contribution in [1.82, 2.24) is 15.5 Å². The van der Waals surface area contributed by atoms with Gasteiger partial charge in [-0.05, 0) is 52.7 Å². The number of carbonyl (C=O) groups excluding carboxylic acids is 1. The van der Waals surface area contributed by atoms with Crippen LogP contribution in [-0.2, 0) is 11.3 Å². The van der Waals surface area contributed by atoms with Gasteiger partial charge in [0.25, 0.3) is 0 Å². The van der Waals surface area contributed by atoms with Gasteiger partial charge < -0.3 is 24.7 Å². The van der Waals surface area contributed by atoms with Gasteiger partial charge in [0.2, 0.25) is 0 Å². The molecule has 1 aromatic rings. The molecular weight excluding hydrogens is 320 g/mol. The van der Waals surface area contributed by atoms with Crippen LogP contribution < -0.4 is 10.6 Å². The Kier molecular flexibility index (Phi) is 6.73. The second-order valence-corrected chi connectivity index (χ2v) is 7.11. The Labute approximate surface area is 149 Å². The Morgan fingerprint density at radius 2 is 2.16 bits per heavy atom. The van der Waals surface area contributed by atoms with E-state index in [9.17, 15) is 4.79 Å². The zero-order valence-electron chi connectivity index (χ0n) is 15.7. The highest BCUT2D eigenvalue weighted by Crippen LogP contribution is 2.27. The van der Waals surface area contributed by atoms with Gasteiger partial charge in [-0.1, -0.05) is 0 Å². The molecule has 1 aliphatic carbocycles. The fourth-order valence-electron chi connectivity index (χ4n) is 2.33. The van der Waals surface area contributed by atoms with Crippen LogP contribution in [0.3, 0.4) is 0 Å². The average molecular weight is 350 g/mol. The zero-order valence-corrected chi connectivity index (χ0v) is 15.7. The van der Waals surface area contributed by atoms with E-state index in [1.807, 2.05) is 44.7 Å². The highest BCUT2D eigenvalue weighted by molar-refractivity contribution is 5.79. The number of nitrogens with one attached hydrogen (secondary N) is 2. The maximum atomic E-state index is 12.3. The van der Waals surface area contributed by atoms with Gasteiger partial charge >= 0.3 is 6.09 Å². The van der Waals surface area contributed by atoms with Gasteiger partial charge in [-0.2, -0.15) is 0 Å². The van der Waals surface area contributed by atoms with Crippen molar-refractivity contribution in [2.45, 2.75) is 58.7 Å². The molecule has 0 unspecified atom stereocenters. The first-order valence-corrected chi connectivity index (χ1v) is 8.93. The molecule has 0 aromatic carbocycles. The lowest BCUT2D eigenvalue weighted by Crippen LogP contribution is -2.45. The summed E-state index contributed by atoms with van der Waals surface area (Å²) in [6, 6.07) is 4.04. The molecule has 2 N–H and O–H groups in total. The Balaban J connectivity index is 1.83. The monoisotopic (exact) mass is 350 g/mol. The van der Waals surface area contributed by atoms with E-state index in [4.69, 9.17) is 9.15 Å². The van der Waals surface area contributed by atoms with Gasteiger partial charge in [-0.15, -0.1) is 0 Å². The predicted molar refractivity (Wildman–Crippen MR) is 97.5 cm³/mol. The molecule has 1 amide bonds. The molecule has 25 heavy (non-hydrogen) atoms. The van der Waals surface area contributed by atoms with Crippen LogP contribution in [0.4, 0.5) is 4.79 Å². The van der Waals surface area contributed by atoms with Crippen LogP contribution in [0.15, 0.2) is 27.8 Å². The summed E-state index contributed by atoms with van der Waals surface area (Å²) in [6.07, 6.45) is 3.49. The van der Waals surface area contributed by atoms with Crippen LogP contribution in [0.1, 0.15) is 46.3 Å². The van der Waals surface area contributed by atoms with E-state index < -0.39 is 5.60 Å². The summed E-state index contributed by atoms with van der Waals surface area (Å²) >= 11 is 0. The highest BCUT2D eigenvalue weighted by atomic mass is 16.6. The van der Waals surface area contributed by atoms with Crippen LogP contribution >= 0.6 is 0 Å². The molecule has 0 atom stereocenters. The summed E-state index contributed by atoms with van der Waals surface area (Å²) in [5.74, 6) is 1.52. The van der Waals surface area contributed by atoms with Crippen LogP contribution in [0, 0.1) is 0 Å². The van der Waals surface area contributed by atoms with E-state index in [-0.39, 0.29) is 6.09 Å². The largest absolute Gasteiger partial charge is 0.467 e. The van der Waals surface area contributed by atoms with Gasteiger partial charge in [-0.3, -0.25) is 0 Å². The molecule has 1 heterocycles. The topological polar surface area (TPSA) is 79.1 Å². The van der Waals surface area contributed by atoms with Crippen LogP contribution in [0.5, 0.6) is 0 Å². The fraction of sp³-hybridized carbons (Fsp3) is 0.667. The predicted octanol–water partition coefficient (Wildman–Crippen LogP) is 2.73. The molecule has 140 valence electrons. The molecule has 7 nitrogen and oxygen atoms in total. The Morgan fingerprint density at radius 1 is 1.40 bits per heavy atom.